The Morgan fingerprint density at radius 1 is 0.725 bits per heavy atom. The van der Waals surface area contributed by atoms with Gasteiger partial charge in [-0.15, -0.1) is 0 Å². The molecular weight excluding hydrogens is 1200 g/mol. The average Bonchev–Trinajstić information content (AvgIpc) is 1.05. The van der Waals surface area contributed by atoms with E-state index in [0.29, 0.717) is 162 Å². The highest BCUT2D eigenvalue weighted by molar-refractivity contribution is 7.80. The predicted molar refractivity (Wildman–Crippen MR) is 346 cm³/mol. The standard InChI is InChI=1S/C68H112N2O20S/c1-12-81-28-29-83-32-33-85-36-37-87-39-38-86-35-34-84-31-30-82-27-25-69-67(91)89-57-24-22-53(43-60(57)79-10)42-49(5)59-45-56(71)48(4)41-51(7)62(73)63(80-11)61(72)50(6)40-46(2)18-14-13-15-19-47(3)58(78-9)44-54-23-21-52(8)68(77,90-54)64(74)65(75)70-26-17-16-20-55(70)66(76)88-59/h13-15,18-19,41,46,48-50,52-55,57-60,62-63,73,77H,12,16-17,20-40,42-45H2,1-11H3,(H,69,91)/b15-13+,18-14+,47-19+,51-41+/t46-,48-,49-,50?,52-,53+,54+,55+,57?,58+,59+,60-,62-,63+,68-/m1/s1. The SMILES string of the molecule is CCOCCOCCOCCOCCOCCOCCOCCNC(=S)OC1CC[C@@H](C[C@@H](C)[C@@H]2CC(=O)[C@H](C)/C=C(\C)[C@@H](O)[C@@H](OC)C(=O)C(C)C[C@H](C)/C=C/C=C/C=C(\C)[C@@H](OC)C[C@@H]3CC[C@@H](C)[C@@](O)(O3)C(=O)C(=O)N3CCCC[C@H]3C(=O)O2)C[C@H]1OC. The van der Waals surface area contributed by atoms with Crippen molar-refractivity contribution in [2.75, 3.05) is 127 Å². The lowest BCUT2D eigenvalue weighted by Crippen LogP contribution is -2.61. The number of amides is 1. The van der Waals surface area contributed by atoms with Crippen molar-refractivity contribution in [1.29, 1.82) is 0 Å². The van der Waals surface area contributed by atoms with Crippen molar-refractivity contribution < 1.29 is 95.8 Å². The monoisotopic (exact) mass is 1310 g/mol. The summed E-state index contributed by atoms with van der Waals surface area (Å²) in [6, 6.07) is -1.18. The van der Waals surface area contributed by atoms with Crippen molar-refractivity contribution in [3.8, 4) is 0 Å². The van der Waals surface area contributed by atoms with Gasteiger partial charge < -0.3 is 82.0 Å². The maximum Gasteiger partial charge on any atom is 0.329 e. The largest absolute Gasteiger partial charge is 0.465 e. The molecule has 3 aliphatic heterocycles. The molecule has 0 aromatic rings. The summed E-state index contributed by atoms with van der Waals surface area (Å²) in [4.78, 5) is 73.1. The molecule has 520 valence electrons. The van der Waals surface area contributed by atoms with E-state index < -0.39 is 77.8 Å². The topological polar surface area (TPSA) is 261 Å². The number of Topliss-reactive ketones (excluding diaryl/α,β-unsaturated/α-hetero) is 3. The van der Waals surface area contributed by atoms with Gasteiger partial charge in [0.05, 0.1) is 104 Å². The van der Waals surface area contributed by atoms with Crippen LogP contribution in [0.3, 0.4) is 0 Å². The van der Waals surface area contributed by atoms with Crippen LogP contribution in [0.4, 0.5) is 0 Å². The first kappa shape index (κ1) is 79.5. The fraction of sp³-hybridized carbons (Fsp3) is 0.794. The molecule has 1 saturated carbocycles. The smallest absolute Gasteiger partial charge is 0.329 e. The predicted octanol–water partition coefficient (Wildman–Crippen LogP) is 7.22. The average molecular weight is 1310 g/mol. The van der Waals surface area contributed by atoms with Gasteiger partial charge >= 0.3 is 5.97 Å². The Hall–Kier alpha value is -3.92. The molecule has 0 radical (unpaired) electrons. The summed E-state index contributed by atoms with van der Waals surface area (Å²) in [6.45, 7) is 21.9. The van der Waals surface area contributed by atoms with Crippen LogP contribution in [-0.4, -0.2) is 231 Å². The summed E-state index contributed by atoms with van der Waals surface area (Å²) in [5.74, 6) is -8.27. The molecule has 23 heteroatoms. The van der Waals surface area contributed by atoms with E-state index in [1.54, 1.807) is 41.1 Å². The minimum Gasteiger partial charge on any atom is -0.465 e. The normalized spacial score (nSPS) is 32.2. The minimum atomic E-state index is -2.46. The van der Waals surface area contributed by atoms with Crippen molar-refractivity contribution in [2.45, 2.75) is 187 Å². The van der Waals surface area contributed by atoms with Gasteiger partial charge in [-0.05, 0) is 126 Å². The number of ether oxygens (including phenoxy) is 13. The van der Waals surface area contributed by atoms with Gasteiger partial charge in [-0.1, -0.05) is 71.1 Å². The lowest BCUT2D eigenvalue weighted by Gasteiger charge is -2.42. The van der Waals surface area contributed by atoms with E-state index in [0.717, 1.165) is 12.0 Å². The highest BCUT2D eigenvalue weighted by atomic mass is 32.1. The lowest BCUT2D eigenvalue weighted by atomic mass is 9.78. The number of aliphatic hydroxyl groups is 2. The maximum absolute atomic E-state index is 14.7. The number of carbonyl (C=O) groups excluding carboxylic acids is 5. The Balaban J connectivity index is 1.38. The van der Waals surface area contributed by atoms with Crippen LogP contribution in [0.25, 0.3) is 0 Å². The van der Waals surface area contributed by atoms with Crippen molar-refractivity contribution >= 4 is 46.6 Å². The van der Waals surface area contributed by atoms with E-state index >= 15 is 0 Å². The van der Waals surface area contributed by atoms with Gasteiger partial charge in [0.1, 0.15) is 36.2 Å². The molecule has 0 aromatic heterocycles. The highest BCUT2D eigenvalue weighted by Gasteiger charge is 2.53. The van der Waals surface area contributed by atoms with E-state index in [1.807, 2.05) is 65.0 Å². The molecule has 3 heterocycles. The van der Waals surface area contributed by atoms with Crippen LogP contribution in [0.15, 0.2) is 47.6 Å². The number of piperidine rings is 1. The molecule has 1 amide bonds. The number of nitrogens with zero attached hydrogens (tertiary/aromatic N) is 1. The molecule has 4 rings (SSSR count). The van der Waals surface area contributed by atoms with Crippen LogP contribution in [0.1, 0.15) is 132 Å². The summed E-state index contributed by atoms with van der Waals surface area (Å²) < 4.78 is 74.8. The van der Waals surface area contributed by atoms with E-state index in [2.05, 4.69) is 5.32 Å². The highest BCUT2D eigenvalue weighted by Crippen LogP contribution is 2.38. The Morgan fingerprint density at radius 3 is 1.93 bits per heavy atom. The molecule has 2 saturated heterocycles. The van der Waals surface area contributed by atoms with E-state index in [4.69, 9.17) is 73.8 Å². The molecule has 4 aliphatic rings. The summed E-state index contributed by atoms with van der Waals surface area (Å²) >= 11 is 5.58. The first-order chi connectivity index (χ1) is 43.7. The molecule has 0 spiro atoms. The number of esters is 1. The number of aliphatic hydroxyl groups excluding tert-OH is 1. The van der Waals surface area contributed by atoms with Gasteiger partial charge in [-0.25, -0.2) is 4.79 Å². The molecule has 1 aliphatic carbocycles. The van der Waals surface area contributed by atoms with Crippen LogP contribution < -0.4 is 5.32 Å². The molecule has 3 N–H and O–H groups in total. The zero-order valence-corrected chi connectivity index (χ0v) is 57.3. The summed E-state index contributed by atoms with van der Waals surface area (Å²) in [7, 11) is 4.58. The van der Waals surface area contributed by atoms with Crippen molar-refractivity contribution in [3.63, 3.8) is 0 Å². The maximum atomic E-state index is 14.7. The number of methoxy groups -OCH3 is 3. The van der Waals surface area contributed by atoms with Crippen molar-refractivity contribution in [3.05, 3.63) is 47.6 Å². The molecule has 22 nitrogen and oxygen atoms in total. The third kappa shape index (κ3) is 27.8. The molecular formula is C68H112N2O20S. The molecule has 15 atom stereocenters. The number of allylic oxidation sites excluding steroid dienone is 6. The Morgan fingerprint density at radius 2 is 1.34 bits per heavy atom. The zero-order chi connectivity index (χ0) is 66.7. The third-order valence-electron chi connectivity index (χ3n) is 17.7. The van der Waals surface area contributed by atoms with E-state index in [1.165, 1.54) is 12.0 Å². The fourth-order valence-electron chi connectivity index (χ4n) is 12.1. The van der Waals surface area contributed by atoms with Crippen molar-refractivity contribution in [2.24, 2.45) is 35.5 Å². The van der Waals surface area contributed by atoms with E-state index in [-0.39, 0.29) is 66.1 Å². The van der Waals surface area contributed by atoms with Crippen LogP contribution in [-0.2, 0) is 85.6 Å². The van der Waals surface area contributed by atoms with Gasteiger partial charge in [0, 0.05) is 71.6 Å². The molecule has 91 heavy (non-hydrogen) atoms. The zero-order valence-electron chi connectivity index (χ0n) is 56.4. The quantitative estimate of drug-likeness (QED) is 0.0219. The molecule has 3 fully saturated rings. The summed E-state index contributed by atoms with van der Waals surface area (Å²) in [5, 5.41) is 27.0. The van der Waals surface area contributed by atoms with Crippen LogP contribution in [0.2, 0.25) is 0 Å². The van der Waals surface area contributed by atoms with Gasteiger partial charge in [0.25, 0.3) is 16.9 Å². The number of cyclic esters (lactones) is 1. The van der Waals surface area contributed by atoms with Crippen LogP contribution in [0, 0.1) is 35.5 Å². The molecule has 2 unspecified atom stereocenters. The second-order valence-electron chi connectivity index (χ2n) is 24.8. The van der Waals surface area contributed by atoms with Gasteiger partial charge in [-0.3, -0.25) is 19.2 Å². The summed E-state index contributed by atoms with van der Waals surface area (Å²) in [5.41, 5.74) is 1.24. The number of rotatable bonds is 29. The number of ketones is 3. The van der Waals surface area contributed by atoms with Crippen LogP contribution in [0.5, 0.6) is 0 Å². The first-order valence-electron chi connectivity index (χ1n) is 33.2. The number of hydrogen-bond donors (Lipinski definition) is 3. The number of nitrogens with one attached hydrogen (secondary N) is 1. The molecule has 2 bridgehead atoms. The number of hydrogen-bond acceptors (Lipinski definition) is 21. The van der Waals surface area contributed by atoms with Gasteiger partial charge in [0.2, 0.25) is 5.79 Å². The van der Waals surface area contributed by atoms with Crippen molar-refractivity contribution in [1.82, 2.24) is 10.2 Å². The van der Waals surface area contributed by atoms with Gasteiger partial charge in [0.15, 0.2) is 5.78 Å². The number of carbonyl (C=O) groups is 5. The minimum absolute atomic E-state index is 0.00106. The number of thiocarbonyl (C=S) groups is 1. The second kappa shape index (κ2) is 43.9. The Labute approximate surface area is 547 Å². The Bertz CT molecular complexity index is 2300. The summed E-state index contributed by atoms with van der Waals surface area (Å²) in [6.07, 6.45) is 11.2. The van der Waals surface area contributed by atoms with E-state index in [9.17, 15) is 34.2 Å². The Kier molecular flexibility index (Phi) is 38.4. The lowest BCUT2D eigenvalue weighted by molar-refractivity contribution is -0.265. The fourth-order valence-corrected chi connectivity index (χ4v) is 12.3. The number of fused-ring (bicyclic) bond motifs is 3. The third-order valence-corrected chi connectivity index (χ3v) is 17.9. The van der Waals surface area contributed by atoms with Crippen LogP contribution >= 0.6 is 12.2 Å². The molecule has 0 aromatic carbocycles. The van der Waals surface area contributed by atoms with Gasteiger partial charge in [-0.2, -0.15) is 0 Å². The first-order valence-corrected chi connectivity index (χ1v) is 33.6. The second-order valence-corrected chi connectivity index (χ2v) is 25.1.